The fourth-order valence-electron chi connectivity index (χ4n) is 2.49. The van der Waals surface area contributed by atoms with Crippen LogP contribution in [0.3, 0.4) is 0 Å². The van der Waals surface area contributed by atoms with Crippen LogP contribution < -0.4 is 5.73 Å². The number of aromatic carboxylic acids is 1. The number of nitrogens with two attached hydrogens (primary N) is 1. The highest BCUT2D eigenvalue weighted by atomic mass is 16.5. The van der Waals surface area contributed by atoms with E-state index in [9.17, 15) is 14.7 Å². The first-order chi connectivity index (χ1) is 12.0. The van der Waals surface area contributed by atoms with Gasteiger partial charge in [-0.05, 0) is 22.9 Å². The molecule has 1 fully saturated rings. The number of hydrogen-bond donors (Lipinski definition) is 3. The summed E-state index contributed by atoms with van der Waals surface area (Å²) in [5.41, 5.74) is 4.95. The van der Waals surface area contributed by atoms with Crippen molar-refractivity contribution in [1.29, 1.82) is 0 Å². The zero-order chi connectivity index (χ0) is 18.2. The van der Waals surface area contributed by atoms with Crippen molar-refractivity contribution in [2.24, 2.45) is 5.73 Å². The lowest BCUT2D eigenvalue weighted by molar-refractivity contribution is -0.118. The largest absolute Gasteiger partial charge is 0.507 e. The van der Waals surface area contributed by atoms with Crippen molar-refractivity contribution in [3.05, 3.63) is 42.0 Å². The molecule has 1 aliphatic heterocycles. The maximum absolute atomic E-state index is 10.7. The third kappa shape index (κ3) is 5.74. The summed E-state index contributed by atoms with van der Waals surface area (Å²) in [6.45, 7) is 4.18. The van der Waals surface area contributed by atoms with Crippen LogP contribution in [0.4, 0.5) is 0 Å². The molecule has 25 heavy (non-hydrogen) atoms. The fourth-order valence-corrected chi connectivity index (χ4v) is 2.49. The Kier molecular flexibility index (Phi) is 6.73. The highest BCUT2D eigenvalue weighted by Gasteiger charge is 2.10. The van der Waals surface area contributed by atoms with Gasteiger partial charge in [0.25, 0.3) is 0 Å². The summed E-state index contributed by atoms with van der Waals surface area (Å²) in [7, 11) is 0. The monoisotopic (exact) mass is 346 g/mol. The minimum Gasteiger partial charge on any atom is -0.507 e. The molecule has 0 radical (unpaired) electrons. The molecule has 3 rings (SSSR count). The van der Waals surface area contributed by atoms with Crippen molar-refractivity contribution in [3.63, 3.8) is 0 Å². The van der Waals surface area contributed by atoms with Crippen molar-refractivity contribution < 1.29 is 24.5 Å². The topological polar surface area (TPSA) is 113 Å². The van der Waals surface area contributed by atoms with Gasteiger partial charge < -0.3 is 20.7 Å². The molecule has 0 unspecified atom stereocenters. The number of fused-ring (bicyclic) bond motifs is 1. The lowest BCUT2D eigenvalue weighted by atomic mass is 10.1. The van der Waals surface area contributed by atoms with E-state index in [1.165, 1.54) is 12.1 Å². The predicted molar refractivity (Wildman–Crippen MR) is 93.6 cm³/mol. The van der Waals surface area contributed by atoms with Crippen LogP contribution >= 0.6 is 0 Å². The Balaban J connectivity index is 0.000000186. The van der Waals surface area contributed by atoms with E-state index in [4.69, 9.17) is 15.6 Å². The van der Waals surface area contributed by atoms with E-state index >= 15 is 0 Å². The van der Waals surface area contributed by atoms with Gasteiger partial charge in [0.2, 0.25) is 5.91 Å². The van der Waals surface area contributed by atoms with E-state index in [2.05, 4.69) is 4.90 Å². The number of carboxylic acids is 1. The molecule has 0 spiro atoms. The first-order valence-corrected chi connectivity index (χ1v) is 8.01. The molecule has 0 saturated carbocycles. The molecule has 0 atom stereocenters. The number of benzene rings is 2. The van der Waals surface area contributed by atoms with Gasteiger partial charge in [-0.1, -0.05) is 24.3 Å². The molecule has 0 aromatic heterocycles. The number of morpholine rings is 1. The van der Waals surface area contributed by atoms with E-state index in [0.29, 0.717) is 6.42 Å². The summed E-state index contributed by atoms with van der Waals surface area (Å²) in [4.78, 5) is 23.3. The van der Waals surface area contributed by atoms with E-state index in [1.807, 2.05) is 18.2 Å². The van der Waals surface area contributed by atoms with Crippen LogP contribution in [-0.2, 0) is 9.53 Å². The smallest absolute Gasteiger partial charge is 0.339 e. The number of carbonyl (C=O) groups excluding carboxylic acids is 1. The Morgan fingerprint density at radius 2 is 1.72 bits per heavy atom. The van der Waals surface area contributed by atoms with E-state index < -0.39 is 5.97 Å². The van der Waals surface area contributed by atoms with Crippen LogP contribution in [0.1, 0.15) is 16.8 Å². The second-order valence-electron chi connectivity index (χ2n) is 5.69. The lowest BCUT2D eigenvalue weighted by Crippen LogP contribution is -2.38. The SMILES string of the molecule is NC(=O)CCN1CCOCC1.O=C(O)c1cc2ccccc2cc1O. The number of nitrogens with zero attached hydrogens (tertiary/aromatic N) is 1. The van der Waals surface area contributed by atoms with Crippen molar-refractivity contribution in [1.82, 2.24) is 4.90 Å². The van der Waals surface area contributed by atoms with Gasteiger partial charge in [0.05, 0.1) is 13.2 Å². The zero-order valence-electron chi connectivity index (χ0n) is 13.9. The molecule has 1 heterocycles. The lowest BCUT2D eigenvalue weighted by Gasteiger charge is -2.25. The van der Waals surface area contributed by atoms with E-state index in [1.54, 1.807) is 6.07 Å². The molecule has 1 saturated heterocycles. The first kappa shape index (κ1) is 18.7. The number of carbonyl (C=O) groups is 2. The summed E-state index contributed by atoms with van der Waals surface area (Å²) in [6.07, 6.45) is 0.458. The molecule has 134 valence electrons. The number of carboxylic acid groups (broad SMARTS) is 1. The summed E-state index contributed by atoms with van der Waals surface area (Å²) < 4.78 is 5.15. The Morgan fingerprint density at radius 1 is 1.12 bits per heavy atom. The Bertz CT molecular complexity index is 741. The van der Waals surface area contributed by atoms with Crippen LogP contribution in [-0.4, -0.2) is 59.8 Å². The molecule has 0 aliphatic carbocycles. The third-order valence-electron chi connectivity index (χ3n) is 3.87. The summed E-state index contributed by atoms with van der Waals surface area (Å²) >= 11 is 0. The zero-order valence-corrected chi connectivity index (χ0v) is 13.9. The molecule has 2 aromatic carbocycles. The number of primary amides is 1. The number of aromatic hydroxyl groups is 1. The molecule has 4 N–H and O–H groups in total. The molecular formula is C18H22N2O5. The summed E-state index contributed by atoms with van der Waals surface area (Å²) in [5, 5.41) is 19.8. The average Bonchev–Trinajstić information content (AvgIpc) is 2.60. The maximum Gasteiger partial charge on any atom is 0.339 e. The number of phenols is 1. The van der Waals surface area contributed by atoms with E-state index in [-0.39, 0.29) is 17.2 Å². The van der Waals surface area contributed by atoms with Gasteiger partial charge in [-0.15, -0.1) is 0 Å². The van der Waals surface area contributed by atoms with Gasteiger partial charge in [-0.25, -0.2) is 4.79 Å². The van der Waals surface area contributed by atoms with Crippen molar-refractivity contribution >= 4 is 22.6 Å². The number of ether oxygens (including phenoxy) is 1. The minimum atomic E-state index is -1.12. The Hall–Kier alpha value is -2.64. The summed E-state index contributed by atoms with van der Waals surface area (Å²) in [6, 6.07) is 10.2. The molecular weight excluding hydrogens is 324 g/mol. The van der Waals surface area contributed by atoms with Crippen LogP contribution in [0.15, 0.2) is 36.4 Å². The van der Waals surface area contributed by atoms with Gasteiger partial charge in [0, 0.05) is 26.1 Å². The normalized spacial score (nSPS) is 14.6. The summed E-state index contributed by atoms with van der Waals surface area (Å²) in [5.74, 6) is -1.54. The standard InChI is InChI=1S/C11H8O3.C7H14N2O2/c12-10-6-8-4-2-1-3-7(8)5-9(10)11(13)14;8-7(10)1-2-9-3-5-11-6-4-9/h1-6,12H,(H,13,14);1-6H2,(H2,8,10). The van der Waals surface area contributed by atoms with E-state index in [0.717, 1.165) is 43.6 Å². The van der Waals surface area contributed by atoms with Gasteiger partial charge in [0.15, 0.2) is 0 Å². The first-order valence-electron chi connectivity index (χ1n) is 8.01. The fraction of sp³-hybridized carbons (Fsp3) is 0.333. The van der Waals surface area contributed by atoms with Crippen LogP contribution in [0, 0.1) is 0 Å². The molecule has 7 nitrogen and oxygen atoms in total. The second kappa shape index (κ2) is 9.00. The van der Waals surface area contributed by atoms with Crippen LogP contribution in [0.2, 0.25) is 0 Å². The quantitative estimate of drug-likeness (QED) is 0.772. The third-order valence-corrected chi connectivity index (χ3v) is 3.87. The number of amides is 1. The Morgan fingerprint density at radius 3 is 2.28 bits per heavy atom. The second-order valence-corrected chi connectivity index (χ2v) is 5.69. The Labute approximate surface area is 145 Å². The van der Waals surface area contributed by atoms with Crippen molar-refractivity contribution in [3.8, 4) is 5.75 Å². The van der Waals surface area contributed by atoms with Gasteiger partial charge in [0.1, 0.15) is 11.3 Å². The van der Waals surface area contributed by atoms with Gasteiger partial charge >= 0.3 is 5.97 Å². The van der Waals surface area contributed by atoms with Crippen LogP contribution in [0.5, 0.6) is 5.75 Å². The van der Waals surface area contributed by atoms with Crippen molar-refractivity contribution in [2.75, 3.05) is 32.8 Å². The maximum atomic E-state index is 10.7. The number of rotatable bonds is 4. The van der Waals surface area contributed by atoms with Gasteiger partial charge in [-0.2, -0.15) is 0 Å². The minimum absolute atomic E-state index is 0.0660. The van der Waals surface area contributed by atoms with Crippen LogP contribution in [0.25, 0.3) is 10.8 Å². The molecule has 1 amide bonds. The number of hydrogen-bond acceptors (Lipinski definition) is 5. The average molecular weight is 346 g/mol. The predicted octanol–water partition coefficient (Wildman–Crippen LogP) is 1.44. The molecule has 7 heteroatoms. The molecule has 0 bridgehead atoms. The molecule has 2 aromatic rings. The highest BCUT2D eigenvalue weighted by molar-refractivity contribution is 5.97. The van der Waals surface area contributed by atoms with Gasteiger partial charge in [-0.3, -0.25) is 9.69 Å². The highest BCUT2D eigenvalue weighted by Crippen LogP contribution is 2.24. The molecule has 1 aliphatic rings. The van der Waals surface area contributed by atoms with Crippen molar-refractivity contribution in [2.45, 2.75) is 6.42 Å².